The molecule has 0 saturated carbocycles. The fourth-order valence-corrected chi connectivity index (χ4v) is 10.9. The molecule has 0 atom stereocenters. The maximum Gasteiger partial charge on any atom is 0.160 e. The average molecular weight is 1060 g/mol. The van der Waals surface area contributed by atoms with Crippen LogP contribution in [0, 0.1) is 45.3 Å². The monoisotopic (exact) mass is 1060 g/mol. The summed E-state index contributed by atoms with van der Waals surface area (Å²) in [6, 6.07) is 100. The van der Waals surface area contributed by atoms with E-state index in [1.54, 1.807) is 24.3 Å². The molecule has 11 aromatic carbocycles. The predicted molar refractivity (Wildman–Crippen MR) is 332 cm³/mol. The minimum Gasteiger partial charge on any atom is -0.310 e. The summed E-state index contributed by atoms with van der Waals surface area (Å²) in [5.74, 6) is 0.472. The first-order chi connectivity index (χ1) is 40.9. The smallest absolute Gasteiger partial charge is 0.160 e. The largest absolute Gasteiger partial charge is 0.310 e. The number of benzene rings is 11. The zero-order chi connectivity index (χ0) is 56.2. The Hall–Kier alpha value is -12.1. The highest BCUT2D eigenvalue weighted by Gasteiger charge is 2.22. The molecular weight excluding hydrogens is 1010 g/mol. The van der Waals surface area contributed by atoms with Crippen molar-refractivity contribution in [1.82, 2.24) is 14.5 Å². The van der Waals surface area contributed by atoms with Crippen LogP contribution in [0.15, 0.2) is 273 Å². The summed E-state index contributed by atoms with van der Waals surface area (Å²) < 4.78 is 2.31. The minimum absolute atomic E-state index is 0.373. The third kappa shape index (κ3) is 9.73. The van der Waals surface area contributed by atoms with E-state index in [4.69, 9.17) is 9.97 Å². The van der Waals surface area contributed by atoms with E-state index in [0.717, 1.165) is 89.4 Å². The first kappa shape index (κ1) is 50.4. The second-order valence-electron chi connectivity index (χ2n) is 19.9. The van der Waals surface area contributed by atoms with Gasteiger partial charge in [0, 0.05) is 72.8 Å². The maximum atomic E-state index is 10.8. The number of aromatic nitrogens is 3. The Balaban J connectivity index is 0.876. The lowest BCUT2D eigenvalue weighted by molar-refractivity contribution is 1.18. The molecule has 83 heavy (non-hydrogen) atoms. The highest BCUT2D eigenvalue weighted by molar-refractivity contribution is 6.12. The van der Waals surface area contributed by atoms with Gasteiger partial charge in [-0.3, -0.25) is 0 Å². The maximum absolute atomic E-state index is 10.8. The van der Waals surface area contributed by atoms with Crippen LogP contribution < -0.4 is 9.80 Å². The Kier molecular flexibility index (Phi) is 13.3. The van der Waals surface area contributed by atoms with Crippen LogP contribution in [-0.2, 0) is 0 Å². The number of nitriles is 4. The van der Waals surface area contributed by atoms with Crippen molar-refractivity contribution in [2.45, 2.75) is 0 Å². The van der Waals surface area contributed by atoms with Crippen molar-refractivity contribution in [3.05, 3.63) is 295 Å². The van der Waals surface area contributed by atoms with E-state index >= 15 is 0 Å². The van der Waals surface area contributed by atoms with Gasteiger partial charge in [-0.2, -0.15) is 21.0 Å². The SMILES string of the molecule is N#Cc1ccc(-c2cc(-c3ccc(-c4c(C#N)cc(-c5ccc(-n6c7ccc(N(c8ccccc8)c8ccccc8)cc7c7cc(N(c8ccccc8)c8ccccc8)ccc76)cc5)cc4C#N)cc3)nc(-c3ccc(C#N)cc3)n2)cc1. The van der Waals surface area contributed by atoms with Gasteiger partial charge >= 0.3 is 0 Å². The molecule has 0 fully saturated rings. The van der Waals surface area contributed by atoms with E-state index in [2.05, 4.69) is 196 Å². The van der Waals surface area contributed by atoms with Crippen molar-refractivity contribution < 1.29 is 0 Å². The molecular formula is C74H45N9. The summed E-state index contributed by atoms with van der Waals surface area (Å²) in [5, 5.41) is 42.6. The summed E-state index contributed by atoms with van der Waals surface area (Å²) in [4.78, 5) is 14.4. The molecule has 0 aliphatic heterocycles. The molecule has 0 unspecified atom stereocenters. The number of hydrogen-bond acceptors (Lipinski definition) is 8. The minimum atomic E-state index is 0.373. The van der Waals surface area contributed by atoms with Gasteiger partial charge < -0.3 is 14.4 Å². The van der Waals surface area contributed by atoms with Crippen LogP contribution in [0.1, 0.15) is 22.3 Å². The summed E-state index contributed by atoms with van der Waals surface area (Å²) in [6.45, 7) is 0. The van der Waals surface area contributed by atoms with Crippen molar-refractivity contribution in [3.8, 4) is 86.1 Å². The van der Waals surface area contributed by atoms with Crippen molar-refractivity contribution in [1.29, 1.82) is 21.0 Å². The van der Waals surface area contributed by atoms with Gasteiger partial charge in [-0.05, 0) is 168 Å². The average Bonchev–Trinajstić information content (AvgIpc) is 3.01. The number of anilines is 6. The van der Waals surface area contributed by atoms with E-state index in [0.29, 0.717) is 50.6 Å². The first-order valence-corrected chi connectivity index (χ1v) is 26.9. The highest BCUT2D eigenvalue weighted by Crippen LogP contribution is 2.44. The number of rotatable bonds is 12. The molecule has 0 spiro atoms. The summed E-state index contributed by atoms with van der Waals surface area (Å²) >= 11 is 0. The van der Waals surface area contributed by atoms with Crippen LogP contribution in [0.2, 0.25) is 0 Å². The molecule has 386 valence electrons. The molecule has 0 aliphatic carbocycles. The van der Waals surface area contributed by atoms with E-state index in [-0.39, 0.29) is 0 Å². The zero-order valence-corrected chi connectivity index (χ0v) is 44.5. The normalized spacial score (nSPS) is 10.8. The summed E-state index contributed by atoms with van der Waals surface area (Å²) in [6.07, 6.45) is 0. The van der Waals surface area contributed by atoms with Gasteiger partial charge in [0.2, 0.25) is 0 Å². The van der Waals surface area contributed by atoms with Crippen molar-refractivity contribution in [2.24, 2.45) is 0 Å². The molecule has 13 aromatic rings. The topological polar surface area (TPSA) is 132 Å². The molecule has 0 N–H and O–H groups in total. The Morgan fingerprint density at radius 1 is 0.301 bits per heavy atom. The first-order valence-electron chi connectivity index (χ1n) is 26.9. The Morgan fingerprint density at radius 3 is 1.07 bits per heavy atom. The van der Waals surface area contributed by atoms with E-state index in [9.17, 15) is 21.0 Å². The van der Waals surface area contributed by atoms with E-state index < -0.39 is 0 Å². The quantitative estimate of drug-likeness (QED) is 0.118. The standard InChI is InChI=1S/C74H45N9/c75-46-50-21-25-53(26-22-50)69-45-70(80-74(79-69)56-27-23-51(47-76)24-28-56)54-29-31-55(32-30-54)73-58(48-77)41-57(42-59(73)49-78)52-33-35-64(36-34-52)83-71-39-37-65(81(60-13-5-1-6-14-60)61-15-7-2-8-16-61)43-67(71)68-44-66(38-40-72(68)83)82(62-17-9-3-10-18-62)63-19-11-4-12-20-63/h1-45H. The highest BCUT2D eigenvalue weighted by atomic mass is 15.1. The predicted octanol–water partition coefficient (Wildman–Crippen LogP) is 18.3. The molecule has 9 nitrogen and oxygen atoms in total. The number of para-hydroxylation sites is 4. The lowest BCUT2D eigenvalue weighted by Crippen LogP contribution is -2.09. The number of fused-ring (bicyclic) bond motifs is 3. The van der Waals surface area contributed by atoms with E-state index in [1.807, 2.05) is 91.0 Å². The van der Waals surface area contributed by atoms with Gasteiger partial charge in [-0.15, -0.1) is 0 Å². The molecule has 0 saturated heterocycles. The van der Waals surface area contributed by atoms with Crippen LogP contribution >= 0.6 is 0 Å². The molecule has 2 aromatic heterocycles. The van der Waals surface area contributed by atoms with Crippen LogP contribution in [0.4, 0.5) is 34.1 Å². The Labute approximate surface area is 480 Å². The van der Waals surface area contributed by atoms with Crippen LogP contribution in [0.5, 0.6) is 0 Å². The fraction of sp³-hybridized carbons (Fsp3) is 0. The lowest BCUT2D eigenvalue weighted by Gasteiger charge is -2.26. The van der Waals surface area contributed by atoms with Gasteiger partial charge in [-0.25, -0.2) is 9.97 Å². The van der Waals surface area contributed by atoms with Crippen LogP contribution in [-0.4, -0.2) is 14.5 Å². The lowest BCUT2D eigenvalue weighted by atomic mass is 9.90. The molecule has 9 heteroatoms. The molecule has 0 radical (unpaired) electrons. The Bertz CT molecular complexity index is 4400. The molecule has 0 amide bonds. The third-order valence-electron chi connectivity index (χ3n) is 14.9. The van der Waals surface area contributed by atoms with Crippen molar-refractivity contribution in [2.75, 3.05) is 9.80 Å². The number of hydrogen-bond donors (Lipinski definition) is 0. The number of nitrogens with zero attached hydrogens (tertiary/aromatic N) is 9. The van der Waals surface area contributed by atoms with Crippen LogP contribution in [0.25, 0.3) is 83.6 Å². The molecule has 2 heterocycles. The fourth-order valence-electron chi connectivity index (χ4n) is 10.9. The Morgan fingerprint density at radius 2 is 0.675 bits per heavy atom. The van der Waals surface area contributed by atoms with Crippen LogP contribution in [0.3, 0.4) is 0 Å². The van der Waals surface area contributed by atoms with Crippen molar-refractivity contribution in [3.63, 3.8) is 0 Å². The molecule has 0 aliphatic rings. The second kappa shape index (κ2) is 21.9. The van der Waals surface area contributed by atoms with Gasteiger partial charge in [0.1, 0.15) is 0 Å². The second-order valence-corrected chi connectivity index (χ2v) is 19.9. The zero-order valence-electron chi connectivity index (χ0n) is 44.5. The van der Waals surface area contributed by atoms with Gasteiger partial charge in [-0.1, -0.05) is 121 Å². The van der Waals surface area contributed by atoms with Gasteiger partial charge in [0.15, 0.2) is 5.82 Å². The van der Waals surface area contributed by atoms with Gasteiger partial charge in [0.05, 0.1) is 69.0 Å². The van der Waals surface area contributed by atoms with E-state index in [1.165, 1.54) is 0 Å². The third-order valence-corrected chi connectivity index (χ3v) is 14.9. The molecule has 0 bridgehead atoms. The molecule has 13 rings (SSSR count). The van der Waals surface area contributed by atoms with Crippen molar-refractivity contribution >= 4 is 55.9 Å². The summed E-state index contributed by atoms with van der Waals surface area (Å²) in [5.41, 5.74) is 17.6. The van der Waals surface area contributed by atoms with Gasteiger partial charge in [0.25, 0.3) is 0 Å². The summed E-state index contributed by atoms with van der Waals surface area (Å²) in [7, 11) is 0.